The molecule has 1 aromatic rings. The maximum absolute atomic E-state index is 11.7. The van der Waals surface area contributed by atoms with Gasteiger partial charge in [0.1, 0.15) is 6.61 Å². The van der Waals surface area contributed by atoms with Crippen LogP contribution in [0.1, 0.15) is 82.3 Å². The summed E-state index contributed by atoms with van der Waals surface area (Å²) < 4.78 is 10.4. The van der Waals surface area contributed by atoms with Crippen LogP contribution in [0.25, 0.3) is 0 Å². The number of hydrogen-bond donors (Lipinski definition) is 0. The van der Waals surface area contributed by atoms with Crippen LogP contribution < -0.4 is 0 Å². The quantitative estimate of drug-likeness (QED) is 0.324. The van der Waals surface area contributed by atoms with Crippen LogP contribution in [0, 0.1) is 6.92 Å². The fraction of sp³-hybridized carbons (Fsp3) is 0.636. The van der Waals surface area contributed by atoms with Gasteiger partial charge in [0.05, 0.1) is 6.61 Å². The molecule has 0 aliphatic carbocycles. The van der Waals surface area contributed by atoms with Crippen molar-refractivity contribution in [3.05, 3.63) is 35.4 Å². The maximum Gasteiger partial charge on any atom is 0.306 e. The Bertz CT molecular complexity index is 507. The van der Waals surface area contributed by atoms with E-state index in [0.29, 0.717) is 26.1 Å². The minimum atomic E-state index is -0.125. The lowest BCUT2D eigenvalue weighted by Gasteiger charge is -2.06. The lowest BCUT2D eigenvalue weighted by atomic mass is 10.1. The molecule has 0 saturated heterocycles. The molecule has 4 nitrogen and oxygen atoms in total. The highest BCUT2D eigenvalue weighted by molar-refractivity contribution is 5.69. The molecule has 0 amide bonds. The molecule has 4 heteroatoms. The summed E-state index contributed by atoms with van der Waals surface area (Å²) in [4.78, 5) is 23.2. The number of hydrogen-bond acceptors (Lipinski definition) is 4. The Balaban J connectivity index is 1.91. The zero-order valence-electron chi connectivity index (χ0n) is 16.4. The summed E-state index contributed by atoms with van der Waals surface area (Å²) >= 11 is 0. The molecule has 1 rings (SSSR count). The number of carbonyl (C=O) groups is 2. The van der Waals surface area contributed by atoms with Gasteiger partial charge in [0, 0.05) is 12.8 Å². The summed E-state index contributed by atoms with van der Waals surface area (Å²) in [5.74, 6) is -0.199. The molecular weight excluding hydrogens is 328 g/mol. The van der Waals surface area contributed by atoms with Crippen LogP contribution >= 0.6 is 0 Å². The lowest BCUT2D eigenvalue weighted by molar-refractivity contribution is -0.145. The minimum Gasteiger partial charge on any atom is -0.466 e. The monoisotopic (exact) mass is 362 g/mol. The van der Waals surface area contributed by atoms with Crippen LogP contribution in [-0.4, -0.2) is 18.5 Å². The second kappa shape index (κ2) is 14.3. The number of benzene rings is 1. The van der Waals surface area contributed by atoms with Gasteiger partial charge in [0.25, 0.3) is 0 Å². The standard InChI is InChI=1S/C22H34O4/c1-3-4-17-25-21(23)11-9-7-5-6-8-10-12-22(24)26-18-20-15-13-19(2)14-16-20/h13-16H,3-12,17-18H2,1-2H3. The third-order valence-electron chi connectivity index (χ3n) is 4.29. The fourth-order valence-electron chi connectivity index (χ4n) is 2.57. The van der Waals surface area contributed by atoms with Crippen molar-refractivity contribution in [2.45, 2.75) is 84.7 Å². The molecule has 0 spiro atoms. The number of ether oxygens (including phenoxy) is 2. The second-order valence-electron chi connectivity index (χ2n) is 6.84. The van der Waals surface area contributed by atoms with Gasteiger partial charge in [-0.1, -0.05) is 68.9 Å². The van der Waals surface area contributed by atoms with Gasteiger partial charge in [-0.2, -0.15) is 0 Å². The van der Waals surface area contributed by atoms with Crippen LogP contribution in [0.15, 0.2) is 24.3 Å². The van der Waals surface area contributed by atoms with E-state index >= 15 is 0 Å². The van der Waals surface area contributed by atoms with Gasteiger partial charge in [-0.3, -0.25) is 9.59 Å². The summed E-state index contributed by atoms with van der Waals surface area (Å²) in [5, 5.41) is 0. The van der Waals surface area contributed by atoms with Crippen LogP contribution in [0.4, 0.5) is 0 Å². The Labute approximate surface area is 158 Å². The summed E-state index contributed by atoms with van der Waals surface area (Å²) in [7, 11) is 0. The van der Waals surface area contributed by atoms with Gasteiger partial charge >= 0.3 is 11.9 Å². The Morgan fingerprint density at radius 3 is 1.88 bits per heavy atom. The van der Waals surface area contributed by atoms with Crippen molar-refractivity contribution in [3.8, 4) is 0 Å². The predicted octanol–water partition coefficient (Wildman–Crippen LogP) is 5.50. The summed E-state index contributed by atoms with van der Waals surface area (Å²) in [5.41, 5.74) is 2.23. The Morgan fingerprint density at radius 2 is 1.31 bits per heavy atom. The smallest absolute Gasteiger partial charge is 0.306 e. The van der Waals surface area contributed by atoms with E-state index in [4.69, 9.17) is 9.47 Å². The Kier molecular flexibility index (Phi) is 12.2. The van der Waals surface area contributed by atoms with E-state index in [1.165, 1.54) is 5.56 Å². The number of carbonyl (C=O) groups excluding carboxylic acids is 2. The van der Waals surface area contributed by atoms with Crippen molar-refractivity contribution in [2.24, 2.45) is 0 Å². The van der Waals surface area contributed by atoms with Crippen molar-refractivity contribution < 1.29 is 19.1 Å². The molecule has 0 N–H and O–H groups in total. The van der Waals surface area contributed by atoms with Gasteiger partial charge in [-0.25, -0.2) is 0 Å². The van der Waals surface area contributed by atoms with Crippen molar-refractivity contribution in [1.82, 2.24) is 0 Å². The first-order valence-electron chi connectivity index (χ1n) is 9.98. The highest BCUT2D eigenvalue weighted by atomic mass is 16.5. The predicted molar refractivity (Wildman–Crippen MR) is 104 cm³/mol. The summed E-state index contributed by atoms with van der Waals surface area (Å²) in [6, 6.07) is 8.02. The van der Waals surface area contributed by atoms with Crippen LogP contribution in [-0.2, 0) is 25.7 Å². The van der Waals surface area contributed by atoms with Gasteiger partial charge < -0.3 is 9.47 Å². The average Bonchev–Trinajstić information content (AvgIpc) is 2.63. The first kappa shape index (κ1) is 22.2. The molecule has 26 heavy (non-hydrogen) atoms. The lowest BCUT2D eigenvalue weighted by Crippen LogP contribution is -2.05. The first-order valence-corrected chi connectivity index (χ1v) is 9.98. The topological polar surface area (TPSA) is 52.6 Å². The fourth-order valence-corrected chi connectivity index (χ4v) is 2.57. The van der Waals surface area contributed by atoms with E-state index in [9.17, 15) is 9.59 Å². The molecule has 0 saturated carbocycles. The number of rotatable bonds is 14. The van der Waals surface area contributed by atoms with Crippen molar-refractivity contribution >= 4 is 11.9 Å². The zero-order chi connectivity index (χ0) is 19.0. The molecule has 0 aromatic heterocycles. The average molecular weight is 363 g/mol. The number of unbranched alkanes of at least 4 members (excludes halogenated alkanes) is 6. The number of aryl methyl sites for hydroxylation is 1. The zero-order valence-corrected chi connectivity index (χ0v) is 16.4. The largest absolute Gasteiger partial charge is 0.466 e. The van der Waals surface area contributed by atoms with Crippen LogP contribution in [0.5, 0.6) is 0 Å². The number of esters is 2. The van der Waals surface area contributed by atoms with E-state index in [2.05, 4.69) is 6.92 Å². The van der Waals surface area contributed by atoms with Crippen LogP contribution in [0.3, 0.4) is 0 Å². The molecular formula is C22H34O4. The van der Waals surface area contributed by atoms with Gasteiger partial charge in [0.2, 0.25) is 0 Å². The first-order chi connectivity index (χ1) is 12.6. The van der Waals surface area contributed by atoms with E-state index < -0.39 is 0 Å². The van der Waals surface area contributed by atoms with E-state index in [1.54, 1.807) is 0 Å². The van der Waals surface area contributed by atoms with E-state index in [0.717, 1.165) is 56.9 Å². The molecule has 0 radical (unpaired) electrons. The molecule has 0 unspecified atom stereocenters. The van der Waals surface area contributed by atoms with Crippen molar-refractivity contribution in [2.75, 3.05) is 6.61 Å². The van der Waals surface area contributed by atoms with Crippen molar-refractivity contribution in [1.29, 1.82) is 0 Å². The molecule has 0 atom stereocenters. The molecule has 0 aliphatic rings. The van der Waals surface area contributed by atoms with E-state index in [1.807, 2.05) is 31.2 Å². The van der Waals surface area contributed by atoms with E-state index in [-0.39, 0.29) is 11.9 Å². The van der Waals surface area contributed by atoms with Gasteiger partial charge in [0.15, 0.2) is 0 Å². The summed E-state index contributed by atoms with van der Waals surface area (Å²) in [6.45, 7) is 5.02. The Morgan fingerprint density at radius 1 is 0.769 bits per heavy atom. The third kappa shape index (κ3) is 11.7. The van der Waals surface area contributed by atoms with Gasteiger partial charge in [-0.15, -0.1) is 0 Å². The minimum absolute atomic E-state index is 0.0743. The molecule has 0 aliphatic heterocycles. The highest BCUT2D eigenvalue weighted by Gasteiger charge is 2.04. The maximum atomic E-state index is 11.7. The second-order valence-corrected chi connectivity index (χ2v) is 6.84. The van der Waals surface area contributed by atoms with Gasteiger partial charge in [-0.05, 0) is 31.7 Å². The van der Waals surface area contributed by atoms with Crippen molar-refractivity contribution in [3.63, 3.8) is 0 Å². The summed E-state index contributed by atoms with van der Waals surface area (Å²) in [6.07, 6.45) is 9.02. The SMILES string of the molecule is CCCCOC(=O)CCCCCCCCC(=O)OCc1ccc(C)cc1. The molecule has 0 heterocycles. The highest BCUT2D eigenvalue weighted by Crippen LogP contribution is 2.11. The normalized spacial score (nSPS) is 10.5. The Hall–Kier alpha value is -1.84. The molecule has 146 valence electrons. The van der Waals surface area contributed by atoms with Crippen LogP contribution in [0.2, 0.25) is 0 Å². The third-order valence-corrected chi connectivity index (χ3v) is 4.29. The molecule has 0 bridgehead atoms. The molecule has 0 fully saturated rings. The molecule has 1 aromatic carbocycles.